The zero-order valence-corrected chi connectivity index (χ0v) is 18.7. The van der Waals surface area contributed by atoms with E-state index in [1.807, 2.05) is 0 Å². The second kappa shape index (κ2) is 8.04. The van der Waals surface area contributed by atoms with Crippen molar-refractivity contribution in [1.29, 1.82) is 0 Å². The van der Waals surface area contributed by atoms with E-state index in [1.54, 1.807) is 49.4 Å². The number of rotatable bonds is 5. The predicted octanol–water partition coefficient (Wildman–Crippen LogP) is 4.66. The van der Waals surface area contributed by atoms with Crippen LogP contribution in [-0.4, -0.2) is 21.5 Å². The lowest BCUT2D eigenvalue weighted by Gasteiger charge is -2.24. The molecular formula is C22H23ClN2O4S. The molecule has 158 valence electrons. The lowest BCUT2D eigenvalue weighted by atomic mass is 9.89. The monoisotopic (exact) mass is 446 g/mol. The molecule has 1 atom stereocenters. The molecule has 0 amide bonds. The van der Waals surface area contributed by atoms with Gasteiger partial charge in [-0.1, -0.05) is 18.5 Å². The molecule has 0 radical (unpaired) electrons. The van der Waals surface area contributed by atoms with Gasteiger partial charge in [-0.05, 0) is 68.9 Å². The molecule has 8 heteroatoms. The zero-order chi connectivity index (χ0) is 21.5. The maximum atomic E-state index is 12.7. The Labute approximate surface area is 183 Å². The number of hydrogen-bond acceptors (Lipinski definition) is 6. The fourth-order valence-corrected chi connectivity index (χ4v) is 5.14. The number of benzene rings is 1. The first kappa shape index (κ1) is 20.9. The highest BCUT2D eigenvalue weighted by Gasteiger charge is 2.32. The van der Waals surface area contributed by atoms with Crippen molar-refractivity contribution >= 4 is 39.1 Å². The number of nitrogens with one attached hydrogen (secondary N) is 1. The number of esters is 1. The Morgan fingerprint density at radius 3 is 2.80 bits per heavy atom. The van der Waals surface area contributed by atoms with Gasteiger partial charge in [0.2, 0.25) is 0 Å². The van der Waals surface area contributed by atoms with E-state index in [4.69, 9.17) is 21.1 Å². The van der Waals surface area contributed by atoms with Gasteiger partial charge in [-0.2, -0.15) is 0 Å². The molecule has 1 N–H and O–H groups in total. The van der Waals surface area contributed by atoms with E-state index in [-0.39, 0.29) is 12.2 Å². The van der Waals surface area contributed by atoms with Crippen LogP contribution in [0.3, 0.4) is 0 Å². The topological polar surface area (TPSA) is 81.3 Å². The Balaban J connectivity index is 1.48. The molecule has 1 aliphatic carbocycles. The van der Waals surface area contributed by atoms with Gasteiger partial charge in [0.25, 0.3) is 5.56 Å². The van der Waals surface area contributed by atoms with Gasteiger partial charge in [-0.15, -0.1) is 11.3 Å². The van der Waals surface area contributed by atoms with Crippen molar-refractivity contribution in [3.8, 4) is 5.75 Å². The van der Waals surface area contributed by atoms with Gasteiger partial charge >= 0.3 is 5.97 Å². The van der Waals surface area contributed by atoms with Crippen LogP contribution in [0, 0.1) is 5.92 Å². The Morgan fingerprint density at radius 2 is 2.07 bits per heavy atom. The Hall–Kier alpha value is -2.38. The van der Waals surface area contributed by atoms with Gasteiger partial charge in [0, 0.05) is 9.90 Å². The van der Waals surface area contributed by atoms with Crippen molar-refractivity contribution in [3.05, 3.63) is 55.9 Å². The third kappa shape index (κ3) is 4.23. The van der Waals surface area contributed by atoms with Crippen LogP contribution in [0.4, 0.5) is 0 Å². The van der Waals surface area contributed by atoms with Crippen LogP contribution in [0.5, 0.6) is 5.75 Å². The fourth-order valence-electron chi connectivity index (χ4n) is 3.61. The third-order valence-electron chi connectivity index (χ3n) is 5.23. The molecular weight excluding hydrogens is 424 g/mol. The predicted molar refractivity (Wildman–Crippen MR) is 117 cm³/mol. The molecule has 0 saturated carbocycles. The van der Waals surface area contributed by atoms with Crippen LogP contribution < -0.4 is 10.3 Å². The van der Waals surface area contributed by atoms with Gasteiger partial charge < -0.3 is 14.5 Å². The number of aromatic nitrogens is 2. The van der Waals surface area contributed by atoms with Gasteiger partial charge in [-0.25, -0.2) is 9.78 Å². The molecule has 4 rings (SSSR count). The summed E-state index contributed by atoms with van der Waals surface area (Å²) in [6, 6.07) is 6.74. The highest BCUT2D eigenvalue weighted by Crippen LogP contribution is 2.35. The minimum Gasteiger partial charge on any atom is -0.476 e. The van der Waals surface area contributed by atoms with E-state index in [9.17, 15) is 9.59 Å². The van der Waals surface area contributed by atoms with Gasteiger partial charge in [0.15, 0.2) is 5.60 Å². The minimum atomic E-state index is -1.21. The quantitative estimate of drug-likeness (QED) is 0.576. The smallest absolute Gasteiger partial charge is 0.350 e. The summed E-state index contributed by atoms with van der Waals surface area (Å²) in [5, 5.41) is 1.27. The van der Waals surface area contributed by atoms with Crippen molar-refractivity contribution in [2.24, 2.45) is 5.92 Å². The first-order valence-electron chi connectivity index (χ1n) is 9.88. The average molecular weight is 447 g/mol. The third-order valence-corrected chi connectivity index (χ3v) is 6.63. The number of halogens is 1. The Kier molecular flexibility index (Phi) is 5.59. The number of aromatic amines is 1. The first-order valence-corrected chi connectivity index (χ1v) is 11.1. The van der Waals surface area contributed by atoms with Crippen molar-refractivity contribution in [2.45, 2.75) is 52.2 Å². The van der Waals surface area contributed by atoms with Gasteiger partial charge in [0.05, 0.1) is 5.39 Å². The van der Waals surface area contributed by atoms with Crippen molar-refractivity contribution in [3.63, 3.8) is 0 Å². The number of carbonyl (C=O) groups is 1. The minimum absolute atomic E-state index is 0.129. The van der Waals surface area contributed by atoms with E-state index in [0.717, 1.165) is 24.8 Å². The number of hydrogen-bond donors (Lipinski definition) is 1. The van der Waals surface area contributed by atoms with Crippen molar-refractivity contribution < 1.29 is 14.3 Å². The van der Waals surface area contributed by atoms with Gasteiger partial charge in [0.1, 0.15) is 23.0 Å². The van der Waals surface area contributed by atoms with Crippen LogP contribution in [-0.2, 0) is 29.0 Å². The summed E-state index contributed by atoms with van der Waals surface area (Å²) < 4.78 is 11.1. The summed E-state index contributed by atoms with van der Waals surface area (Å²) in [6.45, 7) is 5.34. The summed E-state index contributed by atoms with van der Waals surface area (Å²) >= 11 is 7.44. The molecule has 2 heterocycles. The summed E-state index contributed by atoms with van der Waals surface area (Å²) in [5.41, 5.74) is -0.256. The molecule has 1 aromatic carbocycles. The number of nitrogens with zero attached hydrogens (tertiary/aromatic N) is 1. The maximum absolute atomic E-state index is 12.7. The standard InChI is InChI=1S/C22H23ClN2O4S/c1-12-4-9-15-16(10-12)30-20-18(15)19(26)24-17(25-20)11-28-21(27)22(2,3)29-14-7-5-13(23)6-8-14/h5-8,12H,4,9-11H2,1-3H3,(H,24,25,26)/t12-/m0/s1. The number of fused-ring (bicyclic) bond motifs is 3. The number of carbonyl (C=O) groups excluding carboxylic acids is 1. The molecule has 0 unspecified atom stereocenters. The second-order valence-corrected chi connectivity index (χ2v) is 9.71. The molecule has 6 nitrogen and oxygen atoms in total. The SMILES string of the molecule is C[C@H]1CCc2c(sc3nc(COC(=O)C(C)(C)Oc4ccc(Cl)cc4)[nH]c(=O)c23)C1. The van der Waals surface area contributed by atoms with E-state index < -0.39 is 11.6 Å². The zero-order valence-electron chi connectivity index (χ0n) is 17.1. The lowest BCUT2D eigenvalue weighted by Crippen LogP contribution is -2.39. The molecule has 0 spiro atoms. The first-order chi connectivity index (χ1) is 14.2. The van der Waals surface area contributed by atoms with E-state index in [1.165, 1.54) is 4.88 Å². The van der Waals surface area contributed by atoms with E-state index >= 15 is 0 Å². The number of H-pyrrole nitrogens is 1. The van der Waals surface area contributed by atoms with Crippen LogP contribution in [0.2, 0.25) is 5.02 Å². The number of aryl methyl sites for hydroxylation is 1. The van der Waals surface area contributed by atoms with Gasteiger partial charge in [-0.3, -0.25) is 4.79 Å². The van der Waals surface area contributed by atoms with Crippen LogP contribution in [0.25, 0.3) is 10.2 Å². The molecule has 3 aromatic rings. The summed E-state index contributed by atoms with van der Waals surface area (Å²) in [5.74, 6) is 0.898. The van der Waals surface area contributed by atoms with Crippen LogP contribution in [0.1, 0.15) is 43.5 Å². The molecule has 0 saturated heterocycles. The highest BCUT2D eigenvalue weighted by molar-refractivity contribution is 7.18. The van der Waals surface area contributed by atoms with Crippen molar-refractivity contribution in [1.82, 2.24) is 9.97 Å². The van der Waals surface area contributed by atoms with Crippen molar-refractivity contribution in [2.75, 3.05) is 0 Å². The Morgan fingerprint density at radius 1 is 1.33 bits per heavy atom. The number of thiophene rings is 1. The average Bonchev–Trinajstić information content (AvgIpc) is 3.05. The molecule has 1 aliphatic rings. The summed E-state index contributed by atoms with van der Waals surface area (Å²) in [7, 11) is 0. The largest absolute Gasteiger partial charge is 0.476 e. The van der Waals surface area contributed by atoms with Crippen LogP contribution >= 0.6 is 22.9 Å². The lowest BCUT2D eigenvalue weighted by molar-refractivity contribution is -0.161. The Bertz CT molecular complexity index is 1150. The molecule has 30 heavy (non-hydrogen) atoms. The normalized spacial score (nSPS) is 16.3. The van der Waals surface area contributed by atoms with E-state index in [2.05, 4.69) is 16.9 Å². The molecule has 0 aliphatic heterocycles. The van der Waals surface area contributed by atoms with E-state index in [0.29, 0.717) is 32.7 Å². The summed E-state index contributed by atoms with van der Waals surface area (Å²) in [6.07, 6.45) is 2.97. The van der Waals surface area contributed by atoms with Crippen LogP contribution in [0.15, 0.2) is 29.1 Å². The molecule has 0 fully saturated rings. The molecule has 2 aromatic heterocycles. The number of ether oxygens (including phenoxy) is 2. The second-order valence-electron chi connectivity index (χ2n) is 8.19. The summed E-state index contributed by atoms with van der Waals surface area (Å²) in [4.78, 5) is 34.5. The maximum Gasteiger partial charge on any atom is 0.350 e. The highest BCUT2D eigenvalue weighted by atomic mass is 35.5. The fraction of sp³-hybridized carbons (Fsp3) is 0.409. The molecule has 0 bridgehead atoms.